The molecule has 4 aromatic rings. The molecule has 0 fully saturated rings. The first kappa shape index (κ1) is 28.7. The quantitative estimate of drug-likeness (QED) is 0.101. The Morgan fingerprint density at radius 3 is 1.60 bits per heavy atom. The Morgan fingerprint density at radius 2 is 1.10 bits per heavy atom. The Balaban J connectivity index is 1.44. The Hall–Kier alpha value is -4.26. The van der Waals surface area contributed by atoms with Crippen LogP contribution in [0.4, 0.5) is 13.2 Å². The monoisotopic (exact) mass is 548 g/mol. The Bertz CT molecular complexity index is 1430. The topological polar surface area (TPSA) is 44.8 Å². The van der Waals surface area contributed by atoms with Gasteiger partial charge in [0.25, 0.3) is 0 Å². The van der Waals surface area contributed by atoms with Crippen LogP contribution in [0, 0.1) is 17.5 Å². The molecular formula is C33H31F3O4. The summed E-state index contributed by atoms with van der Waals surface area (Å²) in [5.41, 5.74) is 0.873. The number of carbonyl (C=O) groups excluding carboxylic acids is 1. The van der Waals surface area contributed by atoms with Crippen molar-refractivity contribution in [2.24, 2.45) is 0 Å². The minimum Gasteiger partial charge on any atom is -0.494 e. The van der Waals surface area contributed by atoms with E-state index in [1.165, 1.54) is 48.5 Å². The van der Waals surface area contributed by atoms with Gasteiger partial charge in [0.05, 0.1) is 18.8 Å². The smallest absolute Gasteiger partial charge is 0.346 e. The average Bonchev–Trinajstić information content (AvgIpc) is 2.96. The van der Waals surface area contributed by atoms with Crippen LogP contribution in [-0.4, -0.2) is 19.2 Å². The third-order valence-electron chi connectivity index (χ3n) is 6.32. The van der Waals surface area contributed by atoms with E-state index in [1.54, 1.807) is 24.3 Å². The van der Waals surface area contributed by atoms with Crippen molar-refractivity contribution in [2.45, 2.75) is 39.5 Å². The first-order valence-corrected chi connectivity index (χ1v) is 13.4. The minimum absolute atomic E-state index is 0.0587. The number of hydrogen-bond acceptors (Lipinski definition) is 4. The molecule has 0 heterocycles. The summed E-state index contributed by atoms with van der Waals surface area (Å²) in [6, 6.07) is 19.7. The van der Waals surface area contributed by atoms with Gasteiger partial charge in [-0.2, -0.15) is 0 Å². The standard InChI is InChI=1S/C33H31F3O4/c1-3-5-19-38-24-11-7-22(8-12-24)27-17-18-28(32(36)31(27)35)23-9-13-25(14-10-23)40-33(37)29-16-15-26(21-30(29)34)39-20-6-4-2/h7-18,21H,3-6,19-20H2,1-2H3. The molecule has 0 atom stereocenters. The van der Waals surface area contributed by atoms with Gasteiger partial charge >= 0.3 is 5.97 Å². The molecule has 0 bridgehead atoms. The van der Waals surface area contributed by atoms with Gasteiger partial charge in [-0.1, -0.05) is 63.1 Å². The molecule has 0 saturated carbocycles. The second-order valence-corrected chi connectivity index (χ2v) is 9.27. The third kappa shape index (κ3) is 7.03. The van der Waals surface area contributed by atoms with Crippen LogP contribution in [-0.2, 0) is 0 Å². The fraction of sp³-hybridized carbons (Fsp3) is 0.242. The highest BCUT2D eigenvalue weighted by Crippen LogP contribution is 2.33. The summed E-state index contributed by atoms with van der Waals surface area (Å²) in [5.74, 6) is -2.46. The van der Waals surface area contributed by atoms with Crippen LogP contribution in [0.3, 0.4) is 0 Å². The second-order valence-electron chi connectivity index (χ2n) is 9.27. The fourth-order valence-electron chi connectivity index (χ4n) is 4.01. The summed E-state index contributed by atoms with van der Waals surface area (Å²) < 4.78 is 61.0. The van der Waals surface area contributed by atoms with Crippen LogP contribution in [0.5, 0.6) is 17.2 Å². The zero-order valence-electron chi connectivity index (χ0n) is 22.5. The van der Waals surface area contributed by atoms with Crippen LogP contribution in [0.15, 0.2) is 78.9 Å². The maximum absolute atomic E-state index is 15.1. The van der Waals surface area contributed by atoms with Crippen molar-refractivity contribution < 1.29 is 32.2 Å². The van der Waals surface area contributed by atoms with E-state index < -0.39 is 23.4 Å². The normalized spacial score (nSPS) is 10.8. The molecule has 0 saturated heterocycles. The molecule has 0 aromatic heterocycles. The van der Waals surface area contributed by atoms with E-state index in [-0.39, 0.29) is 22.4 Å². The van der Waals surface area contributed by atoms with Gasteiger partial charge in [0, 0.05) is 17.2 Å². The summed E-state index contributed by atoms with van der Waals surface area (Å²) in [5, 5.41) is 0. The molecule has 40 heavy (non-hydrogen) atoms. The summed E-state index contributed by atoms with van der Waals surface area (Å²) in [4.78, 5) is 12.5. The number of hydrogen-bond donors (Lipinski definition) is 0. The average molecular weight is 549 g/mol. The lowest BCUT2D eigenvalue weighted by atomic mass is 9.98. The summed E-state index contributed by atoms with van der Waals surface area (Å²) in [6.07, 6.45) is 3.74. The number of ether oxygens (including phenoxy) is 3. The van der Waals surface area contributed by atoms with E-state index in [1.807, 2.05) is 6.92 Å². The molecule has 4 nitrogen and oxygen atoms in total. The molecule has 0 radical (unpaired) electrons. The predicted octanol–water partition coefficient (Wildman–Crippen LogP) is 9.01. The number of benzene rings is 4. The molecule has 4 aromatic carbocycles. The molecule has 208 valence electrons. The van der Waals surface area contributed by atoms with Crippen molar-refractivity contribution in [1.82, 2.24) is 0 Å². The maximum atomic E-state index is 15.1. The van der Waals surface area contributed by atoms with Gasteiger partial charge in [-0.05, 0) is 60.4 Å². The van der Waals surface area contributed by atoms with E-state index in [4.69, 9.17) is 14.2 Å². The second kappa shape index (κ2) is 13.7. The lowest BCUT2D eigenvalue weighted by molar-refractivity contribution is 0.0730. The van der Waals surface area contributed by atoms with Crippen molar-refractivity contribution in [1.29, 1.82) is 0 Å². The van der Waals surface area contributed by atoms with Crippen molar-refractivity contribution >= 4 is 5.97 Å². The number of unbranched alkanes of at least 4 members (excludes halogenated alkanes) is 2. The molecule has 4 rings (SSSR count). The number of esters is 1. The number of carbonyl (C=O) groups is 1. The Kier molecular flexibility index (Phi) is 9.84. The van der Waals surface area contributed by atoms with E-state index >= 15 is 8.78 Å². The van der Waals surface area contributed by atoms with Crippen LogP contribution >= 0.6 is 0 Å². The maximum Gasteiger partial charge on any atom is 0.346 e. The molecule has 7 heteroatoms. The molecule has 0 spiro atoms. The zero-order chi connectivity index (χ0) is 28.5. The van der Waals surface area contributed by atoms with Crippen LogP contribution in [0.25, 0.3) is 22.3 Å². The first-order chi connectivity index (χ1) is 19.4. The van der Waals surface area contributed by atoms with E-state index in [0.717, 1.165) is 31.7 Å². The van der Waals surface area contributed by atoms with E-state index in [9.17, 15) is 9.18 Å². The number of rotatable bonds is 12. The lowest BCUT2D eigenvalue weighted by Crippen LogP contribution is -2.11. The molecule has 0 amide bonds. The van der Waals surface area contributed by atoms with Crippen molar-refractivity contribution in [2.75, 3.05) is 13.2 Å². The number of halogens is 3. The minimum atomic E-state index is -0.992. The van der Waals surface area contributed by atoms with Crippen LogP contribution < -0.4 is 14.2 Å². The molecule has 0 aliphatic rings. The highest BCUT2D eigenvalue weighted by Gasteiger charge is 2.18. The Labute approximate surface area is 232 Å². The van der Waals surface area contributed by atoms with Gasteiger partial charge < -0.3 is 14.2 Å². The predicted molar refractivity (Wildman–Crippen MR) is 149 cm³/mol. The largest absolute Gasteiger partial charge is 0.494 e. The van der Waals surface area contributed by atoms with Crippen LogP contribution in [0.2, 0.25) is 0 Å². The van der Waals surface area contributed by atoms with Crippen LogP contribution in [0.1, 0.15) is 49.9 Å². The summed E-state index contributed by atoms with van der Waals surface area (Å²) in [7, 11) is 0. The molecular weight excluding hydrogens is 517 g/mol. The van der Waals surface area contributed by atoms with Gasteiger partial charge in [0.1, 0.15) is 23.1 Å². The van der Waals surface area contributed by atoms with E-state index in [0.29, 0.717) is 35.8 Å². The van der Waals surface area contributed by atoms with Gasteiger partial charge in [-0.15, -0.1) is 0 Å². The SMILES string of the molecule is CCCCOc1ccc(-c2ccc(-c3ccc(OC(=O)c4ccc(OCCCC)cc4F)cc3)c(F)c2F)cc1. The van der Waals surface area contributed by atoms with Gasteiger partial charge in [0.2, 0.25) is 0 Å². The van der Waals surface area contributed by atoms with Crippen molar-refractivity contribution in [3.05, 3.63) is 102 Å². The lowest BCUT2D eigenvalue weighted by Gasteiger charge is -2.11. The highest BCUT2D eigenvalue weighted by molar-refractivity contribution is 5.91. The molecule has 0 aliphatic heterocycles. The molecule has 0 aliphatic carbocycles. The third-order valence-corrected chi connectivity index (χ3v) is 6.32. The van der Waals surface area contributed by atoms with Gasteiger partial charge in [0.15, 0.2) is 11.6 Å². The molecule has 0 unspecified atom stereocenters. The summed E-state index contributed by atoms with van der Waals surface area (Å²) in [6.45, 7) is 5.16. The van der Waals surface area contributed by atoms with Gasteiger partial charge in [-0.3, -0.25) is 0 Å². The summed E-state index contributed by atoms with van der Waals surface area (Å²) >= 11 is 0. The molecule has 0 N–H and O–H groups in total. The van der Waals surface area contributed by atoms with Gasteiger partial charge in [-0.25, -0.2) is 18.0 Å². The Morgan fingerprint density at radius 1 is 0.625 bits per heavy atom. The first-order valence-electron chi connectivity index (χ1n) is 13.4. The zero-order valence-corrected chi connectivity index (χ0v) is 22.5. The van der Waals surface area contributed by atoms with E-state index in [2.05, 4.69) is 6.92 Å². The fourth-order valence-corrected chi connectivity index (χ4v) is 4.01. The van der Waals surface area contributed by atoms with Crippen molar-refractivity contribution in [3.63, 3.8) is 0 Å². The highest BCUT2D eigenvalue weighted by atomic mass is 19.2. The van der Waals surface area contributed by atoms with Crippen molar-refractivity contribution in [3.8, 4) is 39.5 Å².